The summed E-state index contributed by atoms with van der Waals surface area (Å²) < 4.78 is 14.4. The van der Waals surface area contributed by atoms with Crippen molar-refractivity contribution >= 4 is 17.9 Å². The van der Waals surface area contributed by atoms with Gasteiger partial charge in [-0.1, -0.05) is 6.92 Å². The summed E-state index contributed by atoms with van der Waals surface area (Å²) in [4.78, 5) is 33.0. The summed E-state index contributed by atoms with van der Waals surface area (Å²) in [7, 11) is 1.36. The number of carbonyl (C=O) groups is 3. The molecule has 0 N–H and O–H groups in total. The first-order valence-electron chi connectivity index (χ1n) is 6.98. The van der Waals surface area contributed by atoms with Crippen LogP contribution >= 0.6 is 0 Å². The third-order valence-corrected chi connectivity index (χ3v) is 2.59. The van der Waals surface area contributed by atoms with Crippen LogP contribution in [0, 0.1) is 0 Å². The van der Waals surface area contributed by atoms with E-state index in [1.807, 2.05) is 0 Å². The van der Waals surface area contributed by atoms with Gasteiger partial charge in [0.2, 0.25) is 0 Å². The molecular formula is C14H24O6. The van der Waals surface area contributed by atoms with Crippen molar-refractivity contribution in [2.24, 2.45) is 0 Å². The maximum Gasteiger partial charge on any atom is 0.305 e. The van der Waals surface area contributed by atoms with E-state index >= 15 is 0 Å². The third kappa shape index (κ3) is 11.5. The lowest BCUT2D eigenvalue weighted by atomic mass is 10.2. The largest absolute Gasteiger partial charge is 0.469 e. The minimum Gasteiger partial charge on any atom is -0.469 e. The predicted molar refractivity (Wildman–Crippen MR) is 71.9 cm³/mol. The van der Waals surface area contributed by atoms with Gasteiger partial charge in [0, 0.05) is 19.3 Å². The van der Waals surface area contributed by atoms with Crippen LogP contribution < -0.4 is 0 Å². The second kappa shape index (κ2) is 12.4. The van der Waals surface area contributed by atoms with E-state index in [1.54, 1.807) is 6.92 Å². The Morgan fingerprint density at radius 3 is 2.00 bits per heavy atom. The van der Waals surface area contributed by atoms with Gasteiger partial charge in [0.1, 0.15) is 0 Å². The highest BCUT2D eigenvalue weighted by atomic mass is 16.5. The number of unbranched alkanes of at least 4 members (excludes halogenated alkanes) is 2. The molecule has 0 aromatic carbocycles. The number of hydrogen-bond donors (Lipinski definition) is 0. The molecule has 0 aromatic rings. The minimum absolute atomic E-state index is 0.219. The zero-order valence-electron chi connectivity index (χ0n) is 12.3. The van der Waals surface area contributed by atoms with Crippen LogP contribution in [-0.4, -0.2) is 38.2 Å². The van der Waals surface area contributed by atoms with Crippen LogP contribution in [0.4, 0.5) is 0 Å². The van der Waals surface area contributed by atoms with Gasteiger partial charge in [-0.15, -0.1) is 0 Å². The van der Waals surface area contributed by atoms with Crippen LogP contribution in [0.1, 0.15) is 51.9 Å². The second-order valence-electron chi connectivity index (χ2n) is 4.28. The SMILES string of the molecule is CCC(=O)OCCCC(=O)OCCCCCC(=O)OC. The molecule has 0 aliphatic rings. The van der Waals surface area contributed by atoms with Gasteiger partial charge in [0.25, 0.3) is 0 Å². The first kappa shape index (κ1) is 18.4. The summed E-state index contributed by atoms with van der Waals surface area (Å²) in [5, 5.41) is 0. The van der Waals surface area contributed by atoms with Crippen LogP contribution in [0.25, 0.3) is 0 Å². The van der Waals surface area contributed by atoms with Crippen LogP contribution in [-0.2, 0) is 28.6 Å². The monoisotopic (exact) mass is 288 g/mol. The maximum absolute atomic E-state index is 11.3. The molecule has 0 rings (SSSR count). The fraction of sp³-hybridized carbons (Fsp3) is 0.786. The van der Waals surface area contributed by atoms with Gasteiger partial charge in [-0.05, 0) is 25.7 Å². The lowest BCUT2D eigenvalue weighted by Crippen LogP contribution is -2.09. The summed E-state index contributed by atoms with van der Waals surface area (Å²) in [6.45, 7) is 2.33. The van der Waals surface area contributed by atoms with E-state index in [0.717, 1.165) is 19.3 Å². The van der Waals surface area contributed by atoms with Gasteiger partial charge >= 0.3 is 17.9 Å². The molecule has 0 saturated carbocycles. The molecule has 0 unspecified atom stereocenters. The average Bonchev–Trinajstić information content (AvgIpc) is 2.46. The van der Waals surface area contributed by atoms with Crippen molar-refractivity contribution < 1.29 is 28.6 Å². The normalized spacial score (nSPS) is 9.90. The van der Waals surface area contributed by atoms with Crippen molar-refractivity contribution in [1.82, 2.24) is 0 Å². The van der Waals surface area contributed by atoms with Crippen molar-refractivity contribution in [2.75, 3.05) is 20.3 Å². The maximum atomic E-state index is 11.3. The Morgan fingerprint density at radius 1 is 0.750 bits per heavy atom. The molecule has 0 atom stereocenters. The van der Waals surface area contributed by atoms with Gasteiger partial charge in [-0.2, -0.15) is 0 Å². The quantitative estimate of drug-likeness (QED) is 0.329. The molecule has 116 valence electrons. The van der Waals surface area contributed by atoms with Gasteiger partial charge in [-0.25, -0.2) is 0 Å². The van der Waals surface area contributed by atoms with E-state index in [2.05, 4.69) is 4.74 Å². The van der Waals surface area contributed by atoms with Crippen molar-refractivity contribution in [1.29, 1.82) is 0 Å². The Hall–Kier alpha value is -1.59. The Labute approximate surface area is 119 Å². The van der Waals surface area contributed by atoms with Crippen LogP contribution in [0.5, 0.6) is 0 Å². The molecule has 0 saturated heterocycles. The van der Waals surface area contributed by atoms with Crippen LogP contribution in [0.15, 0.2) is 0 Å². The Morgan fingerprint density at radius 2 is 1.35 bits per heavy atom. The molecule has 0 radical (unpaired) electrons. The van der Waals surface area contributed by atoms with Gasteiger partial charge < -0.3 is 14.2 Å². The van der Waals surface area contributed by atoms with Crippen LogP contribution in [0.2, 0.25) is 0 Å². The standard InChI is InChI=1S/C14H24O6/c1-3-12(15)19-11-7-9-14(17)20-10-6-4-5-8-13(16)18-2/h3-11H2,1-2H3. The summed E-state index contributed by atoms with van der Waals surface area (Å²) >= 11 is 0. The highest BCUT2D eigenvalue weighted by Gasteiger charge is 2.04. The third-order valence-electron chi connectivity index (χ3n) is 2.59. The predicted octanol–water partition coefficient (Wildman–Crippen LogP) is 2.00. The summed E-state index contributed by atoms with van der Waals surface area (Å²) in [6, 6.07) is 0. The van der Waals surface area contributed by atoms with E-state index < -0.39 is 0 Å². The van der Waals surface area contributed by atoms with Crippen molar-refractivity contribution in [2.45, 2.75) is 51.9 Å². The lowest BCUT2D eigenvalue weighted by Gasteiger charge is -2.05. The molecule has 0 spiro atoms. The van der Waals surface area contributed by atoms with Gasteiger partial charge in [0.15, 0.2) is 0 Å². The number of hydrogen-bond acceptors (Lipinski definition) is 6. The molecule has 20 heavy (non-hydrogen) atoms. The molecule has 0 aliphatic heterocycles. The first-order chi connectivity index (χ1) is 9.60. The topological polar surface area (TPSA) is 78.9 Å². The van der Waals surface area contributed by atoms with E-state index in [1.165, 1.54) is 7.11 Å². The molecule has 0 heterocycles. The van der Waals surface area contributed by atoms with E-state index in [4.69, 9.17) is 9.47 Å². The molecule has 0 aliphatic carbocycles. The molecule has 0 bridgehead atoms. The van der Waals surface area contributed by atoms with E-state index in [0.29, 0.717) is 25.9 Å². The summed E-state index contributed by atoms with van der Waals surface area (Å²) in [5.41, 5.74) is 0. The zero-order valence-corrected chi connectivity index (χ0v) is 12.3. The fourth-order valence-corrected chi connectivity index (χ4v) is 1.41. The Balaban J connectivity index is 3.32. The van der Waals surface area contributed by atoms with Gasteiger partial charge in [-0.3, -0.25) is 14.4 Å². The second-order valence-corrected chi connectivity index (χ2v) is 4.28. The van der Waals surface area contributed by atoms with Gasteiger partial charge in [0.05, 0.1) is 20.3 Å². The fourth-order valence-electron chi connectivity index (χ4n) is 1.41. The summed E-state index contributed by atoms with van der Waals surface area (Å²) in [6.07, 6.45) is 3.75. The van der Waals surface area contributed by atoms with Crippen LogP contribution in [0.3, 0.4) is 0 Å². The molecule has 0 amide bonds. The average molecular weight is 288 g/mol. The Bertz CT molecular complexity index is 300. The molecule has 0 fully saturated rings. The molecule has 0 aromatic heterocycles. The number of methoxy groups -OCH3 is 1. The Kier molecular flexibility index (Phi) is 11.5. The number of carbonyl (C=O) groups excluding carboxylic acids is 3. The zero-order chi connectivity index (χ0) is 15.2. The highest BCUT2D eigenvalue weighted by Crippen LogP contribution is 2.02. The number of rotatable bonds is 11. The molecular weight excluding hydrogens is 264 g/mol. The summed E-state index contributed by atoms with van der Waals surface area (Å²) in [5.74, 6) is -0.766. The minimum atomic E-state index is -0.287. The highest BCUT2D eigenvalue weighted by molar-refractivity contribution is 5.70. The van der Waals surface area contributed by atoms with E-state index in [-0.39, 0.29) is 30.9 Å². The first-order valence-corrected chi connectivity index (χ1v) is 6.98. The smallest absolute Gasteiger partial charge is 0.305 e. The van der Waals surface area contributed by atoms with Crippen molar-refractivity contribution in [3.8, 4) is 0 Å². The number of esters is 3. The van der Waals surface area contributed by atoms with E-state index in [9.17, 15) is 14.4 Å². The number of ether oxygens (including phenoxy) is 3. The molecule has 6 heteroatoms. The lowest BCUT2D eigenvalue weighted by molar-refractivity contribution is -0.147. The van der Waals surface area contributed by atoms with Crippen molar-refractivity contribution in [3.63, 3.8) is 0 Å². The van der Waals surface area contributed by atoms with Crippen molar-refractivity contribution in [3.05, 3.63) is 0 Å². The molecule has 6 nitrogen and oxygen atoms in total.